The number of hydrogen-bond acceptors (Lipinski definition) is 15. The molecule has 2 aliphatic heterocycles. The lowest BCUT2D eigenvalue weighted by Crippen LogP contribution is -2.64. The van der Waals surface area contributed by atoms with Crippen LogP contribution >= 0.6 is 0 Å². The van der Waals surface area contributed by atoms with E-state index >= 15 is 0 Å². The van der Waals surface area contributed by atoms with E-state index in [4.69, 9.17) is 29.0 Å². The van der Waals surface area contributed by atoms with Gasteiger partial charge in [-0.05, 0) is 24.6 Å². The molecule has 2 saturated heterocycles. The summed E-state index contributed by atoms with van der Waals surface area (Å²) in [5.41, 5.74) is 3.32. The summed E-state index contributed by atoms with van der Waals surface area (Å²) in [6.07, 6.45) is -15.6. The van der Waals surface area contributed by atoms with Gasteiger partial charge in [-0.25, -0.2) is 13.6 Å². The van der Waals surface area contributed by atoms with Crippen LogP contribution < -0.4 is 5.14 Å². The fourth-order valence-electron chi connectivity index (χ4n) is 4.89. The van der Waals surface area contributed by atoms with E-state index in [1.807, 2.05) is 37.3 Å². The summed E-state index contributed by atoms with van der Waals surface area (Å²) in [4.78, 5) is 0.0756. The Hall–Kier alpha value is -2.88. The van der Waals surface area contributed by atoms with Gasteiger partial charge < -0.3 is 59.6 Å². The standard InChI is InChI=1S/C16H14N2O3S.C12H22O11/c1-11-15(12-7-9-14(10-8-12)22(17,19)20)16(18-21-11)13-5-3-2-4-6-13;13-1-3-5(15)6(16)9(19)12(22-3)23-10-4(2-14)21-11(20)8(18)7(10)17/h2-10H,1H3,(H2,17,19,20);3-20H,1-2H2/t;3-,4-,5+,6+,7-,8-,9-,10-,11-,12+/m.1/s1. The maximum absolute atomic E-state index is 11.3. The zero-order valence-electron chi connectivity index (χ0n) is 23.8. The number of nitrogens with zero attached hydrogens (tertiary/aromatic N) is 1. The van der Waals surface area contributed by atoms with Gasteiger partial charge in [0.15, 0.2) is 12.6 Å². The third kappa shape index (κ3) is 7.75. The highest BCUT2D eigenvalue weighted by atomic mass is 32.2. The number of sulfonamides is 1. The molecule has 248 valence electrons. The van der Waals surface area contributed by atoms with E-state index in [-0.39, 0.29) is 4.90 Å². The van der Waals surface area contributed by atoms with Crippen molar-refractivity contribution in [1.29, 1.82) is 0 Å². The number of primary sulfonamides is 1. The second kappa shape index (κ2) is 14.7. The van der Waals surface area contributed by atoms with Crippen LogP contribution in [0.25, 0.3) is 22.4 Å². The van der Waals surface area contributed by atoms with E-state index in [2.05, 4.69) is 5.16 Å². The molecular weight excluding hydrogens is 620 g/mol. The van der Waals surface area contributed by atoms with Crippen LogP contribution in [-0.4, -0.2) is 129 Å². The number of hydrogen-bond donors (Lipinski definition) is 9. The summed E-state index contributed by atoms with van der Waals surface area (Å²) < 4.78 is 43.2. The largest absolute Gasteiger partial charge is 0.394 e. The molecule has 1 aromatic heterocycles. The monoisotopic (exact) mass is 656 g/mol. The normalized spacial score (nSPS) is 32.0. The van der Waals surface area contributed by atoms with Crippen molar-refractivity contribution in [2.75, 3.05) is 13.2 Å². The molecule has 2 aliphatic rings. The van der Waals surface area contributed by atoms with Crippen LogP contribution in [0.4, 0.5) is 0 Å². The van der Waals surface area contributed by atoms with Crippen molar-refractivity contribution in [3.8, 4) is 22.4 Å². The van der Waals surface area contributed by atoms with E-state index in [1.54, 1.807) is 12.1 Å². The molecule has 10 atom stereocenters. The molecule has 17 heteroatoms. The van der Waals surface area contributed by atoms with Gasteiger partial charge in [-0.15, -0.1) is 0 Å². The zero-order valence-corrected chi connectivity index (χ0v) is 24.7. The summed E-state index contributed by atoms with van der Waals surface area (Å²) >= 11 is 0. The molecule has 3 aromatic rings. The summed E-state index contributed by atoms with van der Waals surface area (Å²) in [6.45, 7) is 0.477. The van der Waals surface area contributed by atoms with Gasteiger partial charge in [-0.3, -0.25) is 0 Å². The Morgan fingerprint density at radius 1 is 0.778 bits per heavy atom. The van der Waals surface area contributed by atoms with E-state index in [0.29, 0.717) is 5.76 Å². The van der Waals surface area contributed by atoms with Crippen molar-refractivity contribution in [2.24, 2.45) is 5.14 Å². The minimum atomic E-state index is -3.70. The van der Waals surface area contributed by atoms with E-state index < -0.39 is 84.6 Å². The SMILES string of the molecule is Cc1onc(-c2ccccc2)c1-c1ccc(S(N)(=O)=O)cc1.OC[C@H]1O[C@@H](O[C@H]2[C@H](O)[C@@H](O)[C@H](O)O[C@@H]2CO)[C@H](O)[C@@H](O)[C@H]1O. The molecular formula is C28H36N2O14S. The molecule has 2 aromatic carbocycles. The van der Waals surface area contributed by atoms with Gasteiger partial charge >= 0.3 is 0 Å². The molecule has 0 unspecified atom stereocenters. The Kier molecular flexibility index (Phi) is 11.4. The average molecular weight is 657 g/mol. The minimum Gasteiger partial charge on any atom is -0.394 e. The van der Waals surface area contributed by atoms with E-state index in [9.17, 15) is 44.2 Å². The van der Waals surface area contributed by atoms with Crippen LogP contribution in [0.2, 0.25) is 0 Å². The third-order valence-electron chi connectivity index (χ3n) is 7.36. The maximum atomic E-state index is 11.3. The van der Waals surface area contributed by atoms with Gasteiger partial charge in [0.2, 0.25) is 10.0 Å². The number of aryl methyl sites for hydroxylation is 1. The summed E-state index contributed by atoms with van der Waals surface area (Å²) in [5.74, 6) is 0.669. The fourth-order valence-corrected chi connectivity index (χ4v) is 5.40. The first-order valence-electron chi connectivity index (χ1n) is 13.7. The van der Waals surface area contributed by atoms with Crippen molar-refractivity contribution in [3.05, 3.63) is 60.4 Å². The zero-order chi connectivity index (χ0) is 33.1. The maximum Gasteiger partial charge on any atom is 0.238 e. The highest BCUT2D eigenvalue weighted by Crippen LogP contribution is 2.34. The molecule has 0 aliphatic carbocycles. The highest BCUT2D eigenvalue weighted by molar-refractivity contribution is 7.89. The van der Waals surface area contributed by atoms with Crippen LogP contribution in [0, 0.1) is 6.92 Å². The number of aliphatic hydroxyl groups excluding tert-OH is 8. The number of ether oxygens (including phenoxy) is 3. The molecule has 2 fully saturated rings. The summed E-state index contributed by atoms with van der Waals surface area (Å²) in [7, 11) is -3.70. The van der Waals surface area contributed by atoms with Crippen molar-refractivity contribution in [3.63, 3.8) is 0 Å². The van der Waals surface area contributed by atoms with Gasteiger partial charge in [-0.1, -0.05) is 47.6 Å². The van der Waals surface area contributed by atoms with Gasteiger partial charge in [0.1, 0.15) is 60.3 Å². The van der Waals surface area contributed by atoms with Gasteiger partial charge in [0.25, 0.3) is 0 Å². The van der Waals surface area contributed by atoms with Gasteiger partial charge in [-0.2, -0.15) is 0 Å². The van der Waals surface area contributed by atoms with Gasteiger partial charge in [0, 0.05) is 5.56 Å². The van der Waals surface area contributed by atoms with Crippen LogP contribution in [0.15, 0.2) is 64.0 Å². The Balaban J connectivity index is 0.000000205. The molecule has 0 amide bonds. The highest BCUT2D eigenvalue weighted by Gasteiger charge is 2.50. The molecule has 16 nitrogen and oxygen atoms in total. The molecule has 0 radical (unpaired) electrons. The Labute approximate surface area is 257 Å². The molecule has 3 heterocycles. The lowest BCUT2D eigenvalue weighted by molar-refractivity contribution is -0.355. The van der Waals surface area contributed by atoms with Crippen LogP contribution in [0.1, 0.15) is 5.76 Å². The fraction of sp³-hybridized carbons (Fsp3) is 0.464. The first kappa shape index (κ1) is 35.0. The quantitative estimate of drug-likeness (QED) is 0.128. The number of aromatic nitrogens is 1. The second-order valence-corrected chi connectivity index (χ2v) is 12.0. The number of nitrogens with two attached hydrogens (primary N) is 1. The predicted octanol–water partition coefficient (Wildman–Crippen LogP) is -2.43. The lowest BCUT2D eigenvalue weighted by Gasteiger charge is -2.45. The first-order chi connectivity index (χ1) is 21.3. The Morgan fingerprint density at radius 2 is 1.40 bits per heavy atom. The third-order valence-corrected chi connectivity index (χ3v) is 8.29. The van der Waals surface area contributed by atoms with E-state index in [0.717, 1.165) is 22.4 Å². The van der Waals surface area contributed by atoms with E-state index in [1.165, 1.54) is 12.1 Å². The molecule has 0 bridgehead atoms. The molecule has 0 saturated carbocycles. The number of rotatable bonds is 7. The Morgan fingerprint density at radius 3 is 1.98 bits per heavy atom. The molecule has 45 heavy (non-hydrogen) atoms. The smallest absolute Gasteiger partial charge is 0.238 e. The van der Waals surface area contributed by atoms with Crippen molar-refractivity contribution in [2.45, 2.75) is 73.2 Å². The summed E-state index contributed by atoms with van der Waals surface area (Å²) in [5, 5.41) is 85.7. The van der Waals surface area contributed by atoms with Crippen LogP contribution in [-0.2, 0) is 24.2 Å². The minimum absolute atomic E-state index is 0.0756. The summed E-state index contributed by atoms with van der Waals surface area (Å²) in [6, 6.07) is 16.0. The molecule has 0 spiro atoms. The molecule has 5 rings (SSSR count). The predicted molar refractivity (Wildman–Crippen MR) is 152 cm³/mol. The van der Waals surface area contributed by atoms with Gasteiger partial charge in [0.05, 0.1) is 23.7 Å². The molecule has 10 N–H and O–H groups in total. The van der Waals surface area contributed by atoms with Crippen molar-refractivity contribution in [1.82, 2.24) is 5.16 Å². The number of aliphatic hydroxyl groups is 8. The second-order valence-electron chi connectivity index (χ2n) is 10.4. The lowest BCUT2D eigenvalue weighted by atomic mass is 9.97. The first-order valence-corrected chi connectivity index (χ1v) is 15.2. The van der Waals surface area contributed by atoms with Crippen LogP contribution in [0.5, 0.6) is 0 Å². The van der Waals surface area contributed by atoms with Crippen molar-refractivity contribution >= 4 is 10.0 Å². The topological polar surface area (TPSA) is 276 Å². The van der Waals surface area contributed by atoms with Crippen LogP contribution in [0.3, 0.4) is 0 Å². The average Bonchev–Trinajstić information content (AvgIpc) is 3.42. The Bertz CT molecular complexity index is 1480. The number of benzene rings is 2. The van der Waals surface area contributed by atoms with Crippen molar-refractivity contribution < 1.29 is 68.0 Å².